The number of amides is 1. The molecule has 1 aliphatic rings. The standard InChI is InChI=1S/C22H27ClN2O3S/c1-3-25(4-2)29(27,28)18-11-12-20(23)19(15-18)21(26)24-16-22(13-8-14-22)17-9-6-5-7-10-17/h5-7,9-12,15H,3-4,8,13-14,16H2,1-2H3,(H,24,26). The van der Waals surface area contributed by atoms with Crippen molar-refractivity contribution in [2.24, 2.45) is 0 Å². The number of hydrogen-bond acceptors (Lipinski definition) is 3. The van der Waals surface area contributed by atoms with E-state index in [1.54, 1.807) is 13.8 Å². The predicted octanol–water partition coefficient (Wildman–Crippen LogP) is 4.22. The normalized spacial score (nSPS) is 15.7. The first-order chi connectivity index (χ1) is 13.8. The van der Waals surface area contributed by atoms with Crippen molar-refractivity contribution in [1.82, 2.24) is 9.62 Å². The molecule has 1 fully saturated rings. The lowest BCUT2D eigenvalue weighted by Gasteiger charge is -2.42. The second-order valence-corrected chi connectivity index (χ2v) is 9.76. The van der Waals surface area contributed by atoms with Crippen molar-refractivity contribution in [3.8, 4) is 0 Å². The number of rotatable bonds is 8. The third-order valence-corrected chi connectivity index (χ3v) is 8.19. The SMILES string of the molecule is CCN(CC)S(=O)(=O)c1ccc(Cl)c(C(=O)NCC2(c3ccccc3)CCC2)c1. The lowest BCUT2D eigenvalue weighted by atomic mass is 9.64. The number of halogens is 1. The van der Waals surface area contributed by atoms with Gasteiger partial charge in [0.2, 0.25) is 10.0 Å². The Hall–Kier alpha value is -1.89. The van der Waals surface area contributed by atoms with Gasteiger partial charge >= 0.3 is 0 Å². The van der Waals surface area contributed by atoms with Crippen LogP contribution < -0.4 is 5.32 Å². The maximum Gasteiger partial charge on any atom is 0.252 e. The molecule has 3 rings (SSSR count). The van der Waals surface area contributed by atoms with Crippen LogP contribution in [0.5, 0.6) is 0 Å². The molecular weight excluding hydrogens is 408 g/mol. The van der Waals surface area contributed by atoms with Crippen molar-refractivity contribution < 1.29 is 13.2 Å². The largest absolute Gasteiger partial charge is 0.351 e. The van der Waals surface area contributed by atoms with E-state index in [1.807, 2.05) is 18.2 Å². The first-order valence-electron chi connectivity index (χ1n) is 9.97. The monoisotopic (exact) mass is 434 g/mol. The average Bonchev–Trinajstić information content (AvgIpc) is 2.68. The zero-order valence-electron chi connectivity index (χ0n) is 16.8. The van der Waals surface area contributed by atoms with E-state index < -0.39 is 10.0 Å². The fourth-order valence-electron chi connectivity index (χ4n) is 3.86. The van der Waals surface area contributed by atoms with Gasteiger partial charge in [0.05, 0.1) is 15.5 Å². The number of sulfonamides is 1. The minimum atomic E-state index is -3.66. The van der Waals surface area contributed by atoms with Gasteiger partial charge in [0.1, 0.15) is 0 Å². The molecule has 0 aliphatic heterocycles. The van der Waals surface area contributed by atoms with Gasteiger partial charge in [0, 0.05) is 25.0 Å². The van der Waals surface area contributed by atoms with Gasteiger partial charge in [0.15, 0.2) is 0 Å². The van der Waals surface area contributed by atoms with E-state index in [-0.39, 0.29) is 26.8 Å². The van der Waals surface area contributed by atoms with E-state index >= 15 is 0 Å². The van der Waals surface area contributed by atoms with Crippen LogP contribution in [-0.4, -0.2) is 38.3 Å². The highest BCUT2D eigenvalue weighted by molar-refractivity contribution is 7.89. The summed E-state index contributed by atoms with van der Waals surface area (Å²) in [5, 5.41) is 3.22. The summed E-state index contributed by atoms with van der Waals surface area (Å²) in [5.74, 6) is -0.353. The fraction of sp³-hybridized carbons (Fsp3) is 0.409. The van der Waals surface area contributed by atoms with E-state index in [2.05, 4.69) is 17.4 Å². The summed E-state index contributed by atoms with van der Waals surface area (Å²) in [7, 11) is -3.66. The molecule has 5 nitrogen and oxygen atoms in total. The Kier molecular flexibility index (Phi) is 6.66. The second-order valence-electron chi connectivity index (χ2n) is 7.41. The Morgan fingerprint density at radius 3 is 2.31 bits per heavy atom. The molecule has 0 saturated heterocycles. The molecule has 0 bridgehead atoms. The molecule has 1 amide bonds. The number of nitrogens with zero attached hydrogens (tertiary/aromatic N) is 1. The number of nitrogens with one attached hydrogen (secondary N) is 1. The van der Waals surface area contributed by atoms with Crippen LogP contribution >= 0.6 is 11.6 Å². The van der Waals surface area contributed by atoms with Crippen LogP contribution in [0.15, 0.2) is 53.4 Å². The molecule has 0 heterocycles. The summed E-state index contributed by atoms with van der Waals surface area (Å²) in [4.78, 5) is 12.9. The van der Waals surface area contributed by atoms with Crippen LogP contribution in [0.25, 0.3) is 0 Å². The number of carbonyl (C=O) groups excluding carboxylic acids is 1. The van der Waals surface area contributed by atoms with Crippen molar-refractivity contribution in [3.05, 3.63) is 64.7 Å². The van der Waals surface area contributed by atoms with E-state index in [1.165, 1.54) is 28.1 Å². The van der Waals surface area contributed by atoms with Gasteiger partial charge in [-0.15, -0.1) is 0 Å². The molecule has 0 aromatic heterocycles. The summed E-state index contributed by atoms with van der Waals surface area (Å²) < 4.78 is 26.9. The zero-order valence-corrected chi connectivity index (χ0v) is 18.4. The Morgan fingerprint density at radius 2 is 1.76 bits per heavy atom. The van der Waals surface area contributed by atoms with Crippen molar-refractivity contribution in [1.29, 1.82) is 0 Å². The van der Waals surface area contributed by atoms with E-state index in [0.717, 1.165) is 19.3 Å². The molecular formula is C22H27ClN2O3S. The number of carbonyl (C=O) groups is 1. The molecule has 2 aromatic rings. The van der Waals surface area contributed by atoms with Crippen molar-refractivity contribution >= 4 is 27.5 Å². The average molecular weight is 435 g/mol. The lowest BCUT2D eigenvalue weighted by molar-refractivity contribution is 0.0928. The Balaban J connectivity index is 1.81. The first kappa shape index (κ1) is 21.8. The third kappa shape index (κ3) is 4.34. The third-order valence-electron chi connectivity index (χ3n) is 5.81. The van der Waals surface area contributed by atoms with Crippen molar-refractivity contribution in [3.63, 3.8) is 0 Å². The van der Waals surface area contributed by atoms with Crippen LogP contribution in [0.1, 0.15) is 49.0 Å². The molecule has 0 spiro atoms. The molecule has 1 saturated carbocycles. The van der Waals surface area contributed by atoms with Gasteiger partial charge in [-0.1, -0.05) is 62.2 Å². The summed E-state index contributed by atoms with van der Waals surface area (Å²) >= 11 is 6.23. The fourth-order valence-corrected chi connectivity index (χ4v) is 5.55. The Labute approximate surface area is 178 Å². The van der Waals surface area contributed by atoms with E-state index in [0.29, 0.717) is 19.6 Å². The van der Waals surface area contributed by atoms with Crippen molar-refractivity contribution in [2.75, 3.05) is 19.6 Å². The Bertz CT molecular complexity index is 969. The van der Waals surface area contributed by atoms with Crippen LogP contribution in [0.4, 0.5) is 0 Å². The van der Waals surface area contributed by atoms with E-state index in [9.17, 15) is 13.2 Å². The maximum atomic E-state index is 12.9. The van der Waals surface area contributed by atoms with Gasteiger partial charge < -0.3 is 5.32 Å². The topological polar surface area (TPSA) is 66.5 Å². The molecule has 1 aliphatic carbocycles. The van der Waals surface area contributed by atoms with Crippen LogP contribution in [0.3, 0.4) is 0 Å². The molecule has 29 heavy (non-hydrogen) atoms. The summed E-state index contributed by atoms with van der Waals surface area (Å²) in [6.45, 7) is 4.79. The minimum absolute atomic E-state index is 0.0612. The van der Waals surface area contributed by atoms with Crippen LogP contribution in [0.2, 0.25) is 5.02 Å². The predicted molar refractivity (Wildman–Crippen MR) is 116 cm³/mol. The first-order valence-corrected chi connectivity index (χ1v) is 11.8. The molecule has 7 heteroatoms. The highest BCUT2D eigenvalue weighted by Gasteiger charge is 2.38. The van der Waals surface area contributed by atoms with Gasteiger partial charge in [-0.2, -0.15) is 4.31 Å². The zero-order chi connectivity index (χ0) is 21.1. The summed E-state index contributed by atoms with van der Waals surface area (Å²) in [6, 6.07) is 14.5. The molecule has 0 radical (unpaired) electrons. The molecule has 0 atom stereocenters. The summed E-state index contributed by atoms with van der Waals surface area (Å²) in [6.07, 6.45) is 3.16. The lowest BCUT2D eigenvalue weighted by Crippen LogP contribution is -2.45. The van der Waals surface area contributed by atoms with Gasteiger partial charge in [-0.3, -0.25) is 4.79 Å². The van der Waals surface area contributed by atoms with Gasteiger partial charge in [-0.25, -0.2) is 8.42 Å². The summed E-state index contributed by atoms with van der Waals surface area (Å²) in [5.41, 5.74) is 1.34. The highest BCUT2D eigenvalue weighted by atomic mass is 35.5. The van der Waals surface area contributed by atoms with Gasteiger partial charge in [0.25, 0.3) is 5.91 Å². The molecule has 156 valence electrons. The number of benzene rings is 2. The molecule has 2 aromatic carbocycles. The highest BCUT2D eigenvalue weighted by Crippen LogP contribution is 2.43. The van der Waals surface area contributed by atoms with Crippen LogP contribution in [-0.2, 0) is 15.4 Å². The Morgan fingerprint density at radius 1 is 1.10 bits per heavy atom. The van der Waals surface area contributed by atoms with Gasteiger partial charge in [-0.05, 0) is 36.6 Å². The minimum Gasteiger partial charge on any atom is -0.351 e. The maximum absolute atomic E-state index is 12.9. The van der Waals surface area contributed by atoms with Crippen molar-refractivity contribution in [2.45, 2.75) is 43.4 Å². The number of hydrogen-bond donors (Lipinski definition) is 1. The quantitative estimate of drug-likeness (QED) is 0.676. The van der Waals surface area contributed by atoms with E-state index in [4.69, 9.17) is 11.6 Å². The molecule has 1 N–H and O–H groups in total. The molecule has 0 unspecified atom stereocenters. The second kappa shape index (κ2) is 8.86. The van der Waals surface area contributed by atoms with Crippen LogP contribution in [0, 0.1) is 0 Å². The smallest absolute Gasteiger partial charge is 0.252 e.